The van der Waals surface area contributed by atoms with Crippen LogP contribution in [0.25, 0.3) is 0 Å². The lowest BCUT2D eigenvalue weighted by molar-refractivity contribution is -0.396. The van der Waals surface area contributed by atoms with Gasteiger partial charge in [0.1, 0.15) is 29.9 Å². The summed E-state index contributed by atoms with van der Waals surface area (Å²) >= 11 is 0.654. The standard InChI is InChI=1S/C12H14N2O9S/c15-4-7-9(16)10(17)11(18)12(23-7)24-8-2-1-5(13(19)20)3-6(8)14(21)22/h1-3,7,9-12,15-18H,4H2. The first-order chi connectivity index (χ1) is 11.3. The van der Waals surface area contributed by atoms with E-state index in [1.165, 1.54) is 0 Å². The number of hydrogen-bond donors (Lipinski definition) is 4. The molecule has 1 aliphatic heterocycles. The zero-order valence-corrected chi connectivity index (χ0v) is 12.8. The molecule has 1 aromatic rings. The Kier molecular flexibility index (Phi) is 5.69. The Bertz CT molecular complexity index is 641. The zero-order valence-electron chi connectivity index (χ0n) is 12.0. The molecule has 0 radical (unpaired) electrons. The lowest BCUT2D eigenvalue weighted by Crippen LogP contribution is -2.57. The molecule has 0 saturated carbocycles. The third-order valence-corrected chi connectivity index (χ3v) is 4.66. The van der Waals surface area contributed by atoms with Gasteiger partial charge in [0, 0.05) is 6.07 Å². The van der Waals surface area contributed by atoms with E-state index in [1.54, 1.807) is 0 Å². The fourth-order valence-corrected chi connectivity index (χ4v) is 3.30. The summed E-state index contributed by atoms with van der Waals surface area (Å²) in [5.41, 5.74) is -2.26. The molecule has 0 spiro atoms. The first-order valence-electron chi connectivity index (χ1n) is 6.66. The van der Waals surface area contributed by atoms with Crippen LogP contribution in [0.2, 0.25) is 0 Å². The Morgan fingerprint density at radius 1 is 1.08 bits per heavy atom. The van der Waals surface area contributed by atoms with Crippen LogP contribution in [0.4, 0.5) is 11.4 Å². The van der Waals surface area contributed by atoms with Gasteiger partial charge in [-0.05, 0) is 6.07 Å². The molecule has 12 heteroatoms. The lowest BCUT2D eigenvalue weighted by Gasteiger charge is -2.39. The molecule has 1 heterocycles. The van der Waals surface area contributed by atoms with Crippen molar-refractivity contribution in [3.05, 3.63) is 38.4 Å². The Labute approximate surface area is 138 Å². The Morgan fingerprint density at radius 3 is 2.29 bits per heavy atom. The number of ether oxygens (including phenoxy) is 1. The maximum absolute atomic E-state index is 11.1. The molecule has 11 nitrogen and oxygen atoms in total. The van der Waals surface area contributed by atoms with Crippen molar-refractivity contribution in [3.8, 4) is 0 Å². The lowest BCUT2D eigenvalue weighted by atomic mass is 10.0. The average Bonchev–Trinajstić information content (AvgIpc) is 2.55. The molecule has 24 heavy (non-hydrogen) atoms. The Hall–Kier alpha value is -1.83. The van der Waals surface area contributed by atoms with E-state index >= 15 is 0 Å². The van der Waals surface area contributed by atoms with Gasteiger partial charge in [0.15, 0.2) is 0 Å². The highest BCUT2D eigenvalue weighted by atomic mass is 32.2. The molecule has 1 fully saturated rings. The van der Waals surface area contributed by atoms with E-state index in [0.29, 0.717) is 11.8 Å². The van der Waals surface area contributed by atoms with Gasteiger partial charge in [0.25, 0.3) is 11.4 Å². The summed E-state index contributed by atoms with van der Waals surface area (Å²) in [6, 6.07) is 2.95. The van der Waals surface area contributed by atoms with E-state index < -0.39 is 57.7 Å². The number of thioether (sulfide) groups is 1. The normalized spacial score (nSPS) is 30.1. The number of aliphatic hydroxyl groups excluding tert-OH is 4. The molecule has 4 N–H and O–H groups in total. The fraction of sp³-hybridized carbons (Fsp3) is 0.500. The molecule has 1 aromatic carbocycles. The number of nitrogens with zero attached hydrogens (tertiary/aromatic N) is 2. The summed E-state index contributed by atoms with van der Waals surface area (Å²) in [7, 11) is 0. The molecule has 132 valence electrons. The monoisotopic (exact) mass is 362 g/mol. The van der Waals surface area contributed by atoms with Gasteiger partial charge in [-0.3, -0.25) is 20.2 Å². The number of hydrogen-bond acceptors (Lipinski definition) is 10. The average molecular weight is 362 g/mol. The van der Waals surface area contributed by atoms with Gasteiger partial charge in [0.05, 0.1) is 27.4 Å². The summed E-state index contributed by atoms with van der Waals surface area (Å²) in [5, 5.41) is 60.3. The van der Waals surface area contributed by atoms with E-state index in [0.717, 1.165) is 18.2 Å². The van der Waals surface area contributed by atoms with Crippen LogP contribution in [-0.4, -0.2) is 66.7 Å². The number of nitro groups is 2. The van der Waals surface area contributed by atoms with E-state index in [4.69, 9.17) is 9.84 Å². The van der Waals surface area contributed by atoms with Crippen LogP contribution < -0.4 is 0 Å². The van der Waals surface area contributed by atoms with Gasteiger partial charge in [-0.15, -0.1) is 0 Å². The highest BCUT2D eigenvalue weighted by molar-refractivity contribution is 8.00. The maximum Gasteiger partial charge on any atom is 0.289 e. The molecule has 0 amide bonds. The molecule has 0 aromatic heterocycles. The second-order valence-corrected chi connectivity index (χ2v) is 6.12. The molecule has 5 unspecified atom stereocenters. The molecule has 1 aliphatic rings. The van der Waals surface area contributed by atoms with Gasteiger partial charge < -0.3 is 25.2 Å². The van der Waals surface area contributed by atoms with Crippen molar-refractivity contribution in [2.75, 3.05) is 6.61 Å². The van der Waals surface area contributed by atoms with Crippen LogP contribution in [0.15, 0.2) is 23.1 Å². The highest BCUT2D eigenvalue weighted by Gasteiger charge is 2.44. The zero-order chi connectivity index (χ0) is 18.0. The van der Waals surface area contributed by atoms with Crippen molar-refractivity contribution in [2.45, 2.75) is 34.7 Å². The minimum absolute atomic E-state index is 0.0325. The van der Waals surface area contributed by atoms with Crippen LogP contribution in [0.1, 0.15) is 0 Å². The van der Waals surface area contributed by atoms with Crippen molar-refractivity contribution < 1.29 is 35.0 Å². The maximum atomic E-state index is 11.1. The van der Waals surface area contributed by atoms with Crippen LogP contribution in [0.3, 0.4) is 0 Å². The van der Waals surface area contributed by atoms with Gasteiger partial charge in [-0.2, -0.15) is 0 Å². The SMILES string of the molecule is O=[N+]([O-])c1ccc(SC2OC(CO)C(O)C(O)C2O)c([N+](=O)[O-])c1. The molecule has 1 saturated heterocycles. The van der Waals surface area contributed by atoms with E-state index in [-0.39, 0.29) is 4.90 Å². The van der Waals surface area contributed by atoms with E-state index in [2.05, 4.69) is 0 Å². The molecule has 5 atom stereocenters. The Balaban J connectivity index is 2.29. The smallest absolute Gasteiger partial charge is 0.289 e. The largest absolute Gasteiger partial charge is 0.394 e. The van der Waals surface area contributed by atoms with Crippen molar-refractivity contribution in [1.82, 2.24) is 0 Å². The topological polar surface area (TPSA) is 176 Å². The molecular weight excluding hydrogens is 348 g/mol. The molecular formula is C12H14N2O9S. The number of nitro benzene ring substituents is 2. The van der Waals surface area contributed by atoms with Crippen LogP contribution in [0.5, 0.6) is 0 Å². The van der Waals surface area contributed by atoms with Crippen LogP contribution in [-0.2, 0) is 4.74 Å². The van der Waals surface area contributed by atoms with Crippen molar-refractivity contribution in [3.63, 3.8) is 0 Å². The third-order valence-electron chi connectivity index (χ3n) is 3.44. The molecule has 0 aliphatic carbocycles. The molecule has 2 rings (SSSR count). The quantitative estimate of drug-likeness (QED) is 0.390. The Morgan fingerprint density at radius 2 is 1.75 bits per heavy atom. The minimum atomic E-state index is -1.62. The van der Waals surface area contributed by atoms with Crippen molar-refractivity contribution >= 4 is 23.1 Å². The summed E-state index contributed by atoms with van der Waals surface area (Å²) < 4.78 is 5.24. The van der Waals surface area contributed by atoms with Crippen LogP contribution in [0, 0.1) is 20.2 Å². The van der Waals surface area contributed by atoms with Crippen molar-refractivity contribution in [1.29, 1.82) is 0 Å². The number of rotatable bonds is 5. The second kappa shape index (κ2) is 7.38. The highest BCUT2D eigenvalue weighted by Crippen LogP contribution is 2.39. The minimum Gasteiger partial charge on any atom is -0.394 e. The van der Waals surface area contributed by atoms with Gasteiger partial charge in [-0.1, -0.05) is 11.8 Å². The second-order valence-electron chi connectivity index (χ2n) is 4.98. The van der Waals surface area contributed by atoms with Crippen LogP contribution >= 0.6 is 11.8 Å². The van der Waals surface area contributed by atoms with Gasteiger partial charge >= 0.3 is 0 Å². The van der Waals surface area contributed by atoms with E-state index in [9.17, 15) is 35.5 Å². The summed E-state index contributed by atoms with van der Waals surface area (Å²) in [6.45, 7) is -0.635. The van der Waals surface area contributed by atoms with E-state index in [1.807, 2.05) is 0 Å². The number of benzene rings is 1. The molecule has 0 bridgehead atoms. The first kappa shape index (κ1) is 18.5. The predicted octanol–water partition coefficient (Wildman–Crippen LogP) is -0.605. The fourth-order valence-electron chi connectivity index (χ4n) is 2.15. The number of non-ortho nitro benzene ring substituents is 1. The predicted molar refractivity (Wildman–Crippen MR) is 79.4 cm³/mol. The summed E-state index contributed by atoms with van der Waals surface area (Å²) in [6.07, 6.45) is -5.90. The van der Waals surface area contributed by atoms with Gasteiger partial charge in [0.2, 0.25) is 0 Å². The summed E-state index contributed by atoms with van der Waals surface area (Å²) in [4.78, 5) is 20.2. The summed E-state index contributed by atoms with van der Waals surface area (Å²) in [5.74, 6) is 0. The number of aliphatic hydroxyl groups is 4. The first-order valence-corrected chi connectivity index (χ1v) is 7.54. The van der Waals surface area contributed by atoms with Crippen molar-refractivity contribution in [2.24, 2.45) is 0 Å². The van der Waals surface area contributed by atoms with Gasteiger partial charge in [-0.25, -0.2) is 0 Å². The third kappa shape index (κ3) is 3.63.